The van der Waals surface area contributed by atoms with E-state index < -0.39 is 0 Å². The lowest BCUT2D eigenvalue weighted by atomic mass is 9.84. The Balaban J connectivity index is 1.62. The van der Waals surface area contributed by atoms with Gasteiger partial charge in [0.1, 0.15) is 0 Å². The Morgan fingerprint density at radius 2 is 2.20 bits per heavy atom. The first-order chi connectivity index (χ1) is 7.33. The summed E-state index contributed by atoms with van der Waals surface area (Å²) in [4.78, 5) is 0. The molecule has 0 spiro atoms. The third-order valence-electron chi connectivity index (χ3n) is 4.37. The summed E-state index contributed by atoms with van der Waals surface area (Å²) in [7, 11) is 0. The van der Waals surface area contributed by atoms with E-state index in [1.807, 2.05) is 0 Å². The Morgan fingerprint density at radius 1 is 1.27 bits per heavy atom. The zero-order valence-corrected chi connectivity index (χ0v) is 9.19. The van der Waals surface area contributed by atoms with E-state index in [0.29, 0.717) is 24.1 Å². The van der Waals surface area contributed by atoms with Gasteiger partial charge in [0.15, 0.2) is 0 Å². The third-order valence-corrected chi connectivity index (χ3v) is 4.37. The maximum Gasteiger partial charge on any atom is 0.0599 e. The zero-order chi connectivity index (χ0) is 10.3. The molecule has 5 unspecified atom stereocenters. The van der Waals surface area contributed by atoms with Crippen LogP contribution < -0.4 is 5.32 Å². The van der Waals surface area contributed by atoms with Crippen molar-refractivity contribution >= 4 is 0 Å². The minimum absolute atomic E-state index is 0.0899. The van der Waals surface area contributed by atoms with Crippen LogP contribution in [-0.4, -0.2) is 36.0 Å². The van der Waals surface area contributed by atoms with Gasteiger partial charge in [0.25, 0.3) is 0 Å². The predicted molar refractivity (Wildman–Crippen MR) is 57.7 cm³/mol. The average molecular weight is 211 g/mol. The summed E-state index contributed by atoms with van der Waals surface area (Å²) in [5.41, 5.74) is 0. The van der Waals surface area contributed by atoms with Crippen molar-refractivity contribution in [3.05, 3.63) is 0 Å². The molecule has 3 nitrogen and oxygen atoms in total. The Kier molecular flexibility index (Phi) is 2.71. The van der Waals surface area contributed by atoms with Gasteiger partial charge in [0.05, 0.1) is 12.2 Å². The van der Waals surface area contributed by atoms with Crippen LogP contribution in [0.15, 0.2) is 0 Å². The number of aliphatic hydroxyl groups is 1. The summed E-state index contributed by atoms with van der Waals surface area (Å²) in [6.07, 6.45) is 7.24. The van der Waals surface area contributed by atoms with Crippen molar-refractivity contribution in [2.75, 3.05) is 6.61 Å². The molecule has 15 heavy (non-hydrogen) atoms. The normalized spacial score (nSPS) is 49.8. The number of hydrogen-bond acceptors (Lipinski definition) is 3. The van der Waals surface area contributed by atoms with Crippen LogP contribution in [0.1, 0.15) is 38.5 Å². The van der Waals surface area contributed by atoms with E-state index in [-0.39, 0.29) is 6.10 Å². The van der Waals surface area contributed by atoms with Gasteiger partial charge in [-0.3, -0.25) is 0 Å². The van der Waals surface area contributed by atoms with Gasteiger partial charge in [-0.1, -0.05) is 0 Å². The van der Waals surface area contributed by atoms with Crippen molar-refractivity contribution in [2.24, 2.45) is 5.92 Å². The van der Waals surface area contributed by atoms with Crippen molar-refractivity contribution in [3.8, 4) is 0 Å². The van der Waals surface area contributed by atoms with Gasteiger partial charge in [-0.05, 0) is 38.5 Å². The first-order valence-electron chi connectivity index (χ1n) is 6.38. The highest BCUT2D eigenvalue weighted by Gasteiger charge is 2.41. The second-order valence-corrected chi connectivity index (χ2v) is 5.39. The lowest BCUT2D eigenvalue weighted by molar-refractivity contribution is 0.0106. The standard InChI is InChI=1S/C12H21NO2/c14-12-6-8-3-4-11(13-8)10(12)7-9-2-1-5-15-9/h8-14H,1-7H2. The molecule has 0 amide bonds. The van der Waals surface area contributed by atoms with Gasteiger partial charge in [-0.25, -0.2) is 0 Å². The maximum absolute atomic E-state index is 10.1. The lowest BCUT2D eigenvalue weighted by Gasteiger charge is -2.35. The smallest absolute Gasteiger partial charge is 0.0599 e. The number of nitrogens with one attached hydrogen (secondary N) is 1. The van der Waals surface area contributed by atoms with Crippen LogP contribution in [-0.2, 0) is 4.74 Å². The minimum atomic E-state index is -0.0899. The fourth-order valence-corrected chi connectivity index (χ4v) is 3.56. The van der Waals surface area contributed by atoms with Crippen LogP contribution in [0.25, 0.3) is 0 Å². The Labute approximate surface area is 91.2 Å². The van der Waals surface area contributed by atoms with Crippen LogP contribution in [0.3, 0.4) is 0 Å². The molecule has 3 rings (SSSR count). The van der Waals surface area contributed by atoms with Crippen molar-refractivity contribution in [2.45, 2.75) is 62.8 Å². The molecule has 3 aliphatic heterocycles. The number of aliphatic hydroxyl groups excluding tert-OH is 1. The average Bonchev–Trinajstić information content (AvgIpc) is 2.82. The molecule has 0 aromatic carbocycles. The summed E-state index contributed by atoms with van der Waals surface area (Å²) in [6, 6.07) is 1.15. The van der Waals surface area contributed by atoms with Gasteiger partial charge in [-0.2, -0.15) is 0 Å². The summed E-state index contributed by atoms with van der Waals surface area (Å²) < 4.78 is 5.67. The van der Waals surface area contributed by atoms with Crippen LogP contribution in [0.2, 0.25) is 0 Å². The Hall–Kier alpha value is -0.120. The molecule has 0 saturated carbocycles. The molecular formula is C12H21NO2. The largest absolute Gasteiger partial charge is 0.393 e. The molecule has 0 radical (unpaired) electrons. The number of fused-ring (bicyclic) bond motifs is 2. The van der Waals surface area contributed by atoms with Crippen molar-refractivity contribution in [1.29, 1.82) is 0 Å². The number of hydrogen-bond donors (Lipinski definition) is 2. The van der Waals surface area contributed by atoms with Crippen LogP contribution in [0, 0.1) is 5.92 Å². The van der Waals surface area contributed by atoms with E-state index in [4.69, 9.17) is 4.74 Å². The van der Waals surface area contributed by atoms with E-state index >= 15 is 0 Å². The Morgan fingerprint density at radius 3 is 3.00 bits per heavy atom. The van der Waals surface area contributed by atoms with Crippen LogP contribution in [0.4, 0.5) is 0 Å². The molecule has 0 aromatic rings. The zero-order valence-electron chi connectivity index (χ0n) is 9.19. The second kappa shape index (κ2) is 4.04. The number of rotatable bonds is 2. The summed E-state index contributed by atoms with van der Waals surface area (Å²) >= 11 is 0. The fraction of sp³-hybridized carbons (Fsp3) is 1.00. The van der Waals surface area contributed by atoms with Crippen LogP contribution in [0.5, 0.6) is 0 Å². The molecule has 2 bridgehead atoms. The van der Waals surface area contributed by atoms with E-state index in [1.165, 1.54) is 25.7 Å². The molecular weight excluding hydrogens is 190 g/mol. The predicted octanol–water partition coefficient (Wildman–Crippen LogP) is 1.06. The van der Waals surface area contributed by atoms with Crippen molar-refractivity contribution in [1.82, 2.24) is 5.32 Å². The van der Waals surface area contributed by atoms with Crippen molar-refractivity contribution in [3.63, 3.8) is 0 Å². The SMILES string of the molecule is OC1CC2CCC(N2)C1CC1CCCO1. The number of ether oxygens (including phenoxy) is 1. The second-order valence-electron chi connectivity index (χ2n) is 5.39. The highest BCUT2D eigenvalue weighted by atomic mass is 16.5. The highest BCUT2D eigenvalue weighted by Crippen LogP contribution is 2.35. The van der Waals surface area contributed by atoms with Crippen molar-refractivity contribution < 1.29 is 9.84 Å². The monoisotopic (exact) mass is 211 g/mol. The summed E-state index contributed by atoms with van der Waals surface area (Å²) in [5.74, 6) is 0.437. The third kappa shape index (κ3) is 1.93. The summed E-state index contributed by atoms with van der Waals surface area (Å²) in [6.45, 7) is 0.925. The van der Waals surface area contributed by atoms with E-state index in [1.54, 1.807) is 0 Å². The molecule has 86 valence electrons. The molecule has 2 N–H and O–H groups in total. The first-order valence-corrected chi connectivity index (χ1v) is 6.38. The molecule has 0 aromatic heterocycles. The molecule has 3 heterocycles. The summed E-state index contributed by atoms with van der Waals surface area (Å²) in [5, 5.41) is 13.7. The minimum Gasteiger partial charge on any atom is -0.393 e. The fourth-order valence-electron chi connectivity index (χ4n) is 3.56. The van der Waals surface area contributed by atoms with Gasteiger partial charge < -0.3 is 15.2 Å². The molecule has 3 saturated heterocycles. The van der Waals surface area contributed by atoms with E-state index in [0.717, 1.165) is 19.4 Å². The molecule has 5 atom stereocenters. The molecule has 3 heteroatoms. The molecule has 3 fully saturated rings. The quantitative estimate of drug-likeness (QED) is 0.717. The maximum atomic E-state index is 10.1. The van der Waals surface area contributed by atoms with Gasteiger partial charge in [-0.15, -0.1) is 0 Å². The van der Waals surface area contributed by atoms with Gasteiger partial charge >= 0.3 is 0 Å². The topological polar surface area (TPSA) is 41.5 Å². The van der Waals surface area contributed by atoms with Gasteiger partial charge in [0.2, 0.25) is 0 Å². The lowest BCUT2D eigenvalue weighted by Crippen LogP contribution is -2.49. The van der Waals surface area contributed by atoms with E-state index in [2.05, 4.69) is 5.32 Å². The van der Waals surface area contributed by atoms with Gasteiger partial charge in [0, 0.05) is 24.6 Å². The Bertz CT molecular complexity index is 228. The number of piperidine rings is 1. The molecule has 0 aliphatic carbocycles. The highest BCUT2D eigenvalue weighted by molar-refractivity contribution is 4.98. The van der Waals surface area contributed by atoms with E-state index in [9.17, 15) is 5.11 Å². The first kappa shape index (κ1) is 10.1. The molecule has 3 aliphatic rings. The van der Waals surface area contributed by atoms with Crippen LogP contribution >= 0.6 is 0 Å².